The van der Waals surface area contributed by atoms with Crippen molar-refractivity contribution < 1.29 is 17.7 Å². The lowest BCUT2D eigenvalue weighted by Crippen LogP contribution is -2.47. The van der Waals surface area contributed by atoms with Crippen LogP contribution >= 0.6 is 0 Å². The second-order valence-electron chi connectivity index (χ2n) is 8.58. The molecule has 1 aliphatic rings. The maximum absolute atomic E-state index is 12.9. The van der Waals surface area contributed by atoms with E-state index in [1.54, 1.807) is 13.8 Å². The van der Waals surface area contributed by atoms with Gasteiger partial charge in [0.25, 0.3) is 0 Å². The van der Waals surface area contributed by atoms with Gasteiger partial charge in [-0.2, -0.15) is 4.31 Å². The molecule has 1 aromatic heterocycles. The van der Waals surface area contributed by atoms with Crippen molar-refractivity contribution in [1.29, 1.82) is 0 Å². The van der Waals surface area contributed by atoms with Crippen molar-refractivity contribution in [3.8, 4) is 0 Å². The third kappa shape index (κ3) is 5.82. The first-order chi connectivity index (χ1) is 14.1. The Bertz CT molecular complexity index is 774. The summed E-state index contributed by atoms with van der Waals surface area (Å²) in [6.07, 6.45) is 2.08. The number of aromatic nitrogens is 1. The maximum atomic E-state index is 12.9. The van der Waals surface area contributed by atoms with E-state index in [1.165, 1.54) is 4.31 Å². The SMILES string of the molecule is CCN(CC)C(CNC(=O)C1CCN(S(=O)(=O)c2c(C)noc2C)CC1)CC(C)C. The van der Waals surface area contributed by atoms with E-state index in [0.29, 0.717) is 55.9 Å². The third-order valence-corrected chi connectivity index (χ3v) is 8.12. The van der Waals surface area contributed by atoms with Gasteiger partial charge in [0.15, 0.2) is 5.76 Å². The van der Waals surface area contributed by atoms with Crippen molar-refractivity contribution in [3.63, 3.8) is 0 Å². The molecule has 8 nitrogen and oxygen atoms in total. The molecule has 1 atom stereocenters. The predicted octanol–water partition coefficient (Wildman–Crippen LogP) is 2.56. The standard InChI is InChI=1S/C21H38N4O4S/c1-7-24(8-2)19(13-15(3)4)14-22-21(26)18-9-11-25(12-10-18)30(27,28)20-16(5)23-29-17(20)6/h15,18-19H,7-14H2,1-6H3,(H,22,26). The van der Waals surface area contributed by atoms with E-state index < -0.39 is 10.0 Å². The average Bonchev–Trinajstić information content (AvgIpc) is 3.05. The van der Waals surface area contributed by atoms with E-state index in [9.17, 15) is 13.2 Å². The van der Waals surface area contributed by atoms with Crippen LogP contribution in [0.3, 0.4) is 0 Å². The number of likely N-dealkylation sites (N-methyl/N-ethyl adjacent to an activating group) is 1. The first-order valence-electron chi connectivity index (χ1n) is 11.1. The number of nitrogens with one attached hydrogen (secondary N) is 1. The molecule has 1 aliphatic heterocycles. The number of piperidine rings is 1. The van der Waals surface area contributed by atoms with Crippen LogP contribution in [0.2, 0.25) is 0 Å². The molecule has 1 fully saturated rings. The number of nitrogens with zero attached hydrogens (tertiary/aromatic N) is 3. The fraction of sp³-hybridized carbons (Fsp3) is 0.810. The second-order valence-corrected chi connectivity index (χ2v) is 10.5. The molecule has 9 heteroatoms. The average molecular weight is 443 g/mol. The molecule has 1 amide bonds. The van der Waals surface area contributed by atoms with Crippen LogP contribution in [-0.2, 0) is 14.8 Å². The largest absolute Gasteiger partial charge is 0.360 e. The molecular weight excluding hydrogens is 404 g/mol. The van der Waals surface area contributed by atoms with Crippen molar-refractivity contribution in [2.75, 3.05) is 32.7 Å². The Morgan fingerprint density at radius 3 is 2.30 bits per heavy atom. The number of hydrogen-bond donors (Lipinski definition) is 1. The van der Waals surface area contributed by atoms with E-state index in [1.807, 2.05) is 0 Å². The van der Waals surface area contributed by atoms with Crippen molar-refractivity contribution in [2.45, 2.75) is 71.7 Å². The number of amides is 1. The lowest BCUT2D eigenvalue weighted by Gasteiger charge is -2.33. The van der Waals surface area contributed by atoms with Gasteiger partial charge >= 0.3 is 0 Å². The summed E-state index contributed by atoms with van der Waals surface area (Å²) in [5.74, 6) is 0.744. The zero-order valence-electron chi connectivity index (χ0n) is 19.3. The lowest BCUT2D eigenvalue weighted by atomic mass is 9.96. The summed E-state index contributed by atoms with van der Waals surface area (Å²) in [6.45, 7) is 15.2. The minimum absolute atomic E-state index is 0.0327. The van der Waals surface area contributed by atoms with Crippen LogP contribution in [0.4, 0.5) is 0 Å². The van der Waals surface area contributed by atoms with E-state index in [2.05, 4.69) is 43.1 Å². The van der Waals surface area contributed by atoms with E-state index in [-0.39, 0.29) is 16.7 Å². The molecule has 1 saturated heterocycles. The highest BCUT2D eigenvalue weighted by atomic mass is 32.2. The Kier molecular flexibility index (Phi) is 8.87. The molecule has 30 heavy (non-hydrogen) atoms. The highest BCUT2D eigenvalue weighted by molar-refractivity contribution is 7.89. The van der Waals surface area contributed by atoms with Gasteiger partial charge in [-0.25, -0.2) is 8.42 Å². The van der Waals surface area contributed by atoms with E-state index in [0.717, 1.165) is 19.5 Å². The molecule has 0 saturated carbocycles. The van der Waals surface area contributed by atoms with Crippen molar-refractivity contribution >= 4 is 15.9 Å². The number of aryl methyl sites for hydroxylation is 2. The summed E-state index contributed by atoms with van der Waals surface area (Å²) in [7, 11) is -3.65. The molecule has 2 heterocycles. The summed E-state index contributed by atoms with van der Waals surface area (Å²) >= 11 is 0. The summed E-state index contributed by atoms with van der Waals surface area (Å²) < 4.78 is 32.4. The Labute approximate surface area is 181 Å². The maximum Gasteiger partial charge on any atom is 0.248 e. The molecular formula is C21H38N4O4S. The van der Waals surface area contributed by atoms with Crippen molar-refractivity contribution in [2.24, 2.45) is 11.8 Å². The van der Waals surface area contributed by atoms with Crippen LogP contribution in [0.25, 0.3) is 0 Å². The zero-order chi connectivity index (χ0) is 22.5. The molecule has 0 bridgehead atoms. The summed E-state index contributed by atoms with van der Waals surface area (Å²) in [5.41, 5.74) is 0.375. The Balaban J connectivity index is 1.93. The number of sulfonamides is 1. The van der Waals surface area contributed by atoms with Gasteiger partial charge < -0.3 is 9.84 Å². The topological polar surface area (TPSA) is 95.8 Å². The van der Waals surface area contributed by atoms with Crippen molar-refractivity contribution in [3.05, 3.63) is 11.5 Å². The molecule has 1 aromatic rings. The highest BCUT2D eigenvalue weighted by Gasteiger charge is 2.35. The molecule has 0 aliphatic carbocycles. The summed E-state index contributed by atoms with van der Waals surface area (Å²) in [4.78, 5) is 15.3. The number of rotatable bonds is 10. The molecule has 2 rings (SSSR count). The number of carbonyl (C=O) groups excluding carboxylic acids is 1. The van der Waals surface area contributed by atoms with Gasteiger partial charge in [-0.15, -0.1) is 0 Å². The molecule has 0 radical (unpaired) electrons. The van der Waals surface area contributed by atoms with Gasteiger partial charge in [0.1, 0.15) is 10.6 Å². The van der Waals surface area contributed by atoms with Crippen LogP contribution in [0.5, 0.6) is 0 Å². The van der Waals surface area contributed by atoms with Gasteiger partial charge in [-0.05, 0) is 52.1 Å². The molecule has 0 spiro atoms. The zero-order valence-corrected chi connectivity index (χ0v) is 20.1. The predicted molar refractivity (Wildman–Crippen MR) is 117 cm³/mol. The van der Waals surface area contributed by atoms with Crippen LogP contribution in [0.15, 0.2) is 9.42 Å². The van der Waals surface area contributed by atoms with E-state index >= 15 is 0 Å². The van der Waals surface area contributed by atoms with Gasteiger partial charge in [0.2, 0.25) is 15.9 Å². The van der Waals surface area contributed by atoms with E-state index in [4.69, 9.17) is 4.52 Å². The molecule has 0 aromatic carbocycles. The van der Waals surface area contributed by atoms with Crippen molar-refractivity contribution in [1.82, 2.24) is 19.7 Å². The van der Waals surface area contributed by atoms with Gasteiger partial charge in [0.05, 0.1) is 0 Å². The Hall–Kier alpha value is -1.45. The van der Waals surface area contributed by atoms with Crippen LogP contribution < -0.4 is 5.32 Å². The first kappa shape index (κ1) is 24.8. The number of carbonyl (C=O) groups is 1. The summed E-state index contributed by atoms with van der Waals surface area (Å²) in [5, 5.41) is 6.89. The molecule has 172 valence electrons. The normalized spacial score (nSPS) is 17.6. The molecule has 1 N–H and O–H groups in total. The lowest BCUT2D eigenvalue weighted by molar-refractivity contribution is -0.126. The third-order valence-electron chi connectivity index (χ3n) is 5.97. The van der Waals surface area contributed by atoms with Gasteiger partial charge in [-0.1, -0.05) is 32.9 Å². The Morgan fingerprint density at radius 2 is 1.83 bits per heavy atom. The first-order valence-corrected chi connectivity index (χ1v) is 12.5. The van der Waals surface area contributed by atoms with Crippen LogP contribution in [0, 0.1) is 25.7 Å². The smallest absolute Gasteiger partial charge is 0.248 e. The monoisotopic (exact) mass is 442 g/mol. The Morgan fingerprint density at radius 1 is 1.23 bits per heavy atom. The highest BCUT2D eigenvalue weighted by Crippen LogP contribution is 2.27. The number of hydrogen-bond acceptors (Lipinski definition) is 6. The fourth-order valence-electron chi connectivity index (χ4n) is 4.34. The van der Waals surface area contributed by atoms with Gasteiger partial charge in [0, 0.05) is 31.6 Å². The fourth-order valence-corrected chi connectivity index (χ4v) is 6.10. The quantitative estimate of drug-likeness (QED) is 0.598. The minimum Gasteiger partial charge on any atom is -0.360 e. The van der Waals surface area contributed by atoms with Crippen LogP contribution in [-0.4, -0.2) is 67.5 Å². The van der Waals surface area contributed by atoms with Crippen LogP contribution in [0.1, 0.15) is 58.4 Å². The van der Waals surface area contributed by atoms with Gasteiger partial charge in [-0.3, -0.25) is 9.69 Å². The molecule has 1 unspecified atom stereocenters. The second kappa shape index (κ2) is 10.7. The minimum atomic E-state index is -3.65. The summed E-state index contributed by atoms with van der Waals surface area (Å²) in [6, 6.07) is 0.323.